The molecular weight excluding hydrogens is 294 g/mol. The van der Waals surface area contributed by atoms with Gasteiger partial charge in [-0.15, -0.1) is 0 Å². The van der Waals surface area contributed by atoms with Gasteiger partial charge in [-0.05, 0) is 37.8 Å². The van der Waals surface area contributed by atoms with Crippen LogP contribution >= 0.6 is 0 Å². The van der Waals surface area contributed by atoms with Crippen LogP contribution < -0.4 is 0 Å². The number of rotatable bonds is 5. The number of phenolic OH excluding ortho intramolecular Hbond substituents is 1. The zero-order chi connectivity index (χ0) is 16.9. The molecule has 2 aromatic carbocycles. The van der Waals surface area contributed by atoms with E-state index >= 15 is 0 Å². The highest BCUT2D eigenvalue weighted by Gasteiger charge is 2.22. The summed E-state index contributed by atoms with van der Waals surface area (Å²) in [7, 11) is 0. The van der Waals surface area contributed by atoms with E-state index in [1.54, 1.807) is 0 Å². The molecule has 3 rings (SSSR count). The van der Waals surface area contributed by atoms with Crippen LogP contribution in [0.2, 0.25) is 0 Å². The van der Waals surface area contributed by atoms with E-state index in [-0.39, 0.29) is 0 Å². The minimum atomic E-state index is 0.467. The average molecular weight is 323 g/mol. The molecule has 0 heterocycles. The monoisotopic (exact) mass is 323 g/mol. The predicted octanol–water partition coefficient (Wildman–Crippen LogP) is 5.34. The maximum absolute atomic E-state index is 10.5. The van der Waals surface area contributed by atoms with Gasteiger partial charge in [0.05, 0.1) is 0 Å². The molecule has 0 radical (unpaired) electrons. The summed E-state index contributed by atoms with van der Waals surface area (Å²) in [5.41, 5.74) is 4.62. The lowest BCUT2D eigenvalue weighted by atomic mass is 9.93. The summed E-state index contributed by atoms with van der Waals surface area (Å²) in [6.45, 7) is 5.89. The number of aromatic hydroxyl groups is 1. The Labute approximate surface area is 146 Å². The molecule has 0 amide bonds. The first-order valence-electron chi connectivity index (χ1n) is 9.20. The molecule has 0 spiro atoms. The van der Waals surface area contributed by atoms with Gasteiger partial charge in [0.25, 0.3) is 0 Å². The summed E-state index contributed by atoms with van der Waals surface area (Å²) in [4.78, 5) is 2.57. The maximum atomic E-state index is 10.5. The van der Waals surface area contributed by atoms with E-state index in [0.717, 1.165) is 24.2 Å². The third kappa shape index (κ3) is 4.18. The molecule has 0 aliphatic heterocycles. The average Bonchev–Trinajstić information content (AvgIpc) is 2.60. The summed E-state index contributed by atoms with van der Waals surface area (Å²) >= 11 is 0. The van der Waals surface area contributed by atoms with Crippen LogP contribution in [0.1, 0.15) is 54.4 Å². The lowest BCUT2D eigenvalue weighted by Crippen LogP contribution is -2.35. The van der Waals surface area contributed by atoms with Gasteiger partial charge in [-0.25, -0.2) is 0 Å². The quantitative estimate of drug-likeness (QED) is 0.802. The Kier molecular flexibility index (Phi) is 5.57. The van der Waals surface area contributed by atoms with E-state index in [1.165, 1.54) is 43.2 Å². The minimum Gasteiger partial charge on any atom is -0.507 e. The second-order valence-corrected chi connectivity index (χ2v) is 7.27. The van der Waals surface area contributed by atoms with Crippen LogP contribution in [0.4, 0.5) is 0 Å². The fraction of sp³-hybridized carbons (Fsp3) is 0.455. The molecule has 2 nitrogen and oxygen atoms in total. The van der Waals surface area contributed by atoms with Crippen molar-refractivity contribution in [2.75, 3.05) is 0 Å². The molecule has 0 atom stereocenters. The van der Waals surface area contributed by atoms with Gasteiger partial charge in [-0.2, -0.15) is 0 Å². The number of aryl methyl sites for hydroxylation is 2. The molecule has 128 valence electrons. The molecule has 0 aromatic heterocycles. The first kappa shape index (κ1) is 17.0. The Hall–Kier alpha value is -1.80. The van der Waals surface area contributed by atoms with Gasteiger partial charge in [0.2, 0.25) is 0 Å². The van der Waals surface area contributed by atoms with Crippen molar-refractivity contribution in [2.45, 2.75) is 65.1 Å². The normalized spacial score (nSPS) is 15.8. The molecule has 1 aliphatic carbocycles. The van der Waals surface area contributed by atoms with Crippen LogP contribution in [0.5, 0.6) is 5.75 Å². The Morgan fingerprint density at radius 2 is 1.67 bits per heavy atom. The summed E-state index contributed by atoms with van der Waals surface area (Å²) in [6, 6.07) is 15.5. The summed E-state index contributed by atoms with van der Waals surface area (Å²) in [6.07, 6.45) is 6.57. The zero-order valence-electron chi connectivity index (χ0n) is 15.0. The molecule has 24 heavy (non-hydrogen) atoms. The number of phenols is 1. The fourth-order valence-electron chi connectivity index (χ4n) is 3.97. The summed E-state index contributed by atoms with van der Waals surface area (Å²) < 4.78 is 0. The van der Waals surface area contributed by atoms with Crippen LogP contribution in [0.3, 0.4) is 0 Å². The fourth-order valence-corrected chi connectivity index (χ4v) is 3.97. The lowest BCUT2D eigenvalue weighted by Gasteiger charge is -2.35. The summed E-state index contributed by atoms with van der Waals surface area (Å²) in [5.74, 6) is 0.467. The van der Waals surface area contributed by atoms with E-state index in [9.17, 15) is 5.11 Å². The molecular formula is C22H29NO. The van der Waals surface area contributed by atoms with Crippen molar-refractivity contribution < 1.29 is 5.11 Å². The van der Waals surface area contributed by atoms with Crippen LogP contribution in [0.15, 0.2) is 42.5 Å². The van der Waals surface area contributed by atoms with Crippen molar-refractivity contribution in [2.24, 2.45) is 0 Å². The van der Waals surface area contributed by atoms with Crippen molar-refractivity contribution in [3.63, 3.8) is 0 Å². The van der Waals surface area contributed by atoms with E-state index in [0.29, 0.717) is 11.8 Å². The zero-order valence-corrected chi connectivity index (χ0v) is 15.0. The molecule has 1 aliphatic rings. The highest BCUT2D eigenvalue weighted by atomic mass is 16.3. The molecule has 1 fully saturated rings. The van der Waals surface area contributed by atoms with Crippen molar-refractivity contribution >= 4 is 0 Å². The first-order valence-corrected chi connectivity index (χ1v) is 9.20. The van der Waals surface area contributed by atoms with Crippen molar-refractivity contribution in [1.82, 2.24) is 4.90 Å². The van der Waals surface area contributed by atoms with Gasteiger partial charge in [-0.3, -0.25) is 4.90 Å². The summed E-state index contributed by atoms with van der Waals surface area (Å²) in [5, 5.41) is 10.5. The maximum Gasteiger partial charge on any atom is 0.122 e. The number of benzene rings is 2. The Balaban J connectivity index is 1.84. The van der Waals surface area contributed by atoms with Crippen molar-refractivity contribution in [3.05, 3.63) is 64.7 Å². The van der Waals surface area contributed by atoms with Crippen LogP contribution in [0, 0.1) is 13.8 Å². The minimum absolute atomic E-state index is 0.467. The van der Waals surface area contributed by atoms with E-state index < -0.39 is 0 Å². The molecule has 0 saturated heterocycles. The number of hydrogen-bond donors (Lipinski definition) is 1. The predicted molar refractivity (Wildman–Crippen MR) is 100 cm³/mol. The molecule has 1 N–H and O–H groups in total. The van der Waals surface area contributed by atoms with Crippen LogP contribution in [0.25, 0.3) is 0 Å². The van der Waals surface area contributed by atoms with Crippen LogP contribution in [-0.2, 0) is 13.1 Å². The molecule has 1 saturated carbocycles. The second kappa shape index (κ2) is 7.85. The lowest BCUT2D eigenvalue weighted by molar-refractivity contribution is 0.138. The largest absolute Gasteiger partial charge is 0.507 e. The topological polar surface area (TPSA) is 23.5 Å². The smallest absolute Gasteiger partial charge is 0.122 e. The third-order valence-corrected chi connectivity index (χ3v) is 5.22. The van der Waals surface area contributed by atoms with Gasteiger partial charge < -0.3 is 5.11 Å². The van der Waals surface area contributed by atoms with E-state index in [2.05, 4.69) is 54.3 Å². The van der Waals surface area contributed by atoms with E-state index in [4.69, 9.17) is 0 Å². The highest BCUT2D eigenvalue weighted by molar-refractivity contribution is 5.42. The van der Waals surface area contributed by atoms with Crippen molar-refractivity contribution in [1.29, 1.82) is 0 Å². The van der Waals surface area contributed by atoms with Crippen molar-refractivity contribution in [3.8, 4) is 5.75 Å². The molecule has 0 unspecified atom stereocenters. The van der Waals surface area contributed by atoms with Gasteiger partial charge in [0.1, 0.15) is 5.75 Å². The SMILES string of the molecule is Cc1cc(C)c(O)c(CN(Cc2ccccc2)C2CCCCC2)c1. The van der Waals surface area contributed by atoms with Gasteiger partial charge in [0.15, 0.2) is 0 Å². The first-order chi connectivity index (χ1) is 11.6. The Morgan fingerprint density at radius 3 is 2.38 bits per heavy atom. The van der Waals surface area contributed by atoms with Crippen LogP contribution in [-0.4, -0.2) is 16.0 Å². The van der Waals surface area contributed by atoms with Gasteiger partial charge >= 0.3 is 0 Å². The highest BCUT2D eigenvalue weighted by Crippen LogP contribution is 2.30. The van der Waals surface area contributed by atoms with Gasteiger partial charge in [-0.1, -0.05) is 67.3 Å². The third-order valence-electron chi connectivity index (χ3n) is 5.22. The standard InChI is InChI=1S/C22H29NO/c1-17-13-18(2)22(24)20(14-17)16-23(21-11-7-4-8-12-21)15-19-9-5-3-6-10-19/h3,5-6,9-10,13-14,21,24H,4,7-8,11-12,15-16H2,1-2H3. The number of hydrogen-bond acceptors (Lipinski definition) is 2. The van der Waals surface area contributed by atoms with Gasteiger partial charge in [0, 0.05) is 24.7 Å². The number of nitrogens with zero attached hydrogens (tertiary/aromatic N) is 1. The molecule has 0 bridgehead atoms. The van der Waals surface area contributed by atoms with E-state index in [1.807, 2.05) is 6.92 Å². The second-order valence-electron chi connectivity index (χ2n) is 7.27. The molecule has 2 heteroatoms. The Morgan fingerprint density at radius 1 is 0.958 bits per heavy atom. The Bertz CT molecular complexity index is 659. The molecule has 2 aromatic rings.